The lowest BCUT2D eigenvalue weighted by Gasteiger charge is -2.52. The molecule has 0 aliphatic carbocycles. The summed E-state index contributed by atoms with van der Waals surface area (Å²) in [6.07, 6.45) is -6.61. The van der Waals surface area contributed by atoms with Crippen molar-refractivity contribution in [2.75, 3.05) is 41.4 Å². The van der Waals surface area contributed by atoms with Crippen LogP contribution in [0.3, 0.4) is 0 Å². The Balaban J connectivity index is 2.28. The van der Waals surface area contributed by atoms with Gasteiger partial charge in [-0.05, 0) is 101 Å². The molecule has 16 heteroatoms. The third kappa shape index (κ3) is 12.3. The normalized spacial score (nSPS) is 45.8. The van der Waals surface area contributed by atoms with Gasteiger partial charge < -0.3 is 68.5 Å². The Bertz CT molecular complexity index is 1420. The predicted molar refractivity (Wildman–Crippen MR) is 228 cm³/mol. The molecule has 3 heterocycles. The number of hydrogen-bond donors (Lipinski definition) is 5. The third-order valence-electron chi connectivity index (χ3n) is 14.0. The van der Waals surface area contributed by atoms with E-state index in [0.717, 1.165) is 0 Å². The molecule has 3 unspecified atom stereocenters. The molecular weight excluding hydrogens is 792 g/mol. The van der Waals surface area contributed by atoms with E-state index in [-0.39, 0.29) is 37.8 Å². The van der Waals surface area contributed by atoms with E-state index in [2.05, 4.69) is 11.9 Å². The van der Waals surface area contributed by atoms with Gasteiger partial charge in [0.05, 0.1) is 47.6 Å². The zero-order valence-corrected chi connectivity index (χ0v) is 39.7. The van der Waals surface area contributed by atoms with Crippen molar-refractivity contribution in [3.63, 3.8) is 0 Å². The molecule has 3 fully saturated rings. The number of methoxy groups -OCH3 is 2. The van der Waals surface area contributed by atoms with Gasteiger partial charge in [0.15, 0.2) is 18.7 Å². The molecule has 3 aliphatic rings. The van der Waals surface area contributed by atoms with E-state index in [0.29, 0.717) is 19.5 Å². The van der Waals surface area contributed by atoms with Gasteiger partial charge in [-0.15, -0.1) is 6.58 Å². The molecule has 0 aromatic carbocycles. The summed E-state index contributed by atoms with van der Waals surface area (Å²) >= 11 is 0. The highest BCUT2D eigenvalue weighted by molar-refractivity contribution is 5.73. The fraction of sp³-hybridized carbons (Fsp3) is 0.911. The van der Waals surface area contributed by atoms with Crippen molar-refractivity contribution < 1.29 is 67.9 Å². The van der Waals surface area contributed by atoms with Crippen LogP contribution < -0.4 is 5.32 Å². The van der Waals surface area contributed by atoms with Gasteiger partial charge in [-0.25, -0.2) is 0 Å². The molecule has 0 aromatic rings. The van der Waals surface area contributed by atoms with E-state index in [4.69, 9.17) is 37.9 Å². The molecule has 0 saturated carbocycles. The molecule has 61 heavy (non-hydrogen) atoms. The lowest BCUT2D eigenvalue weighted by atomic mass is 9.66. The van der Waals surface area contributed by atoms with Crippen LogP contribution in [0.15, 0.2) is 12.7 Å². The smallest absolute Gasteiger partial charge is 0.311 e. The Morgan fingerprint density at radius 1 is 0.951 bits per heavy atom. The van der Waals surface area contributed by atoms with E-state index in [9.17, 15) is 30.0 Å². The van der Waals surface area contributed by atoms with Crippen LogP contribution in [0.2, 0.25) is 0 Å². The Kier molecular flexibility index (Phi) is 19.2. The second kappa shape index (κ2) is 21.9. The summed E-state index contributed by atoms with van der Waals surface area (Å²) in [5.74, 6) is -4.64. The van der Waals surface area contributed by atoms with Gasteiger partial charge >= 0.3 is 11.9 Å². The van der Waals surface area contributed by atoms with Crippen molar-refractivity contribution in [1.29, 1.82) is 0 Å². The number of aliphatic hydroxyl groups excluding tert-OH is 2. The summed E-state index contributed by atoms with van der Waals surface area (Å²) < 4.78 is 50.8. The number of cyclic esters (lactones) is 1. The van der Waals surface area contributed by atoms with Crippen LogP contribution in [0.4, 0.5) is 0 Å². The standard InChI is InChI=1S/C45H82N2O14/c1-17-20-46-21-19-32-44(11,52)33(18-2)59-40(51)28(6)36(60-34-24-43(10,55-16)39(29(7)57-34)58-30(8)48)27(5)38(42(9,54-15)23-25(3)37(50)45(32,12)53)61-41-35(49)31(47(13)14)22-26(4)56-41/h17,25-29,31-39,41,46,49-50,52-53H,1,18-24H2,2-16H3/t25-,26-,27-,28-,29+,31+,32-,33-,34?,35-,36+,37?,38-,39+,41+,42-,43-,44+,45?/m1/s1. The van der Waals surface area contributed by atoms with E-state index in [1.165, 1.54) is 35.0 Å². The second-order valence-corrected chi connectivity index (χ2v) is 19.2. The summed E-state index contributed by atoms with van der Waals surface area (Å²) in [5, 5.41) is 52.2. The Morgan fingerprint density at radius 2 is 1.56 bits per heavy atom. The molecule has 16 nitrogen and oxygen atoms in total. The van der Waals surface area contributed by atoms with Crippen LogP contribution in [0.25, 0.3) is 0 Å². The zero-order chi connectivity index (χ0) is 46.4. The topological polar surface area (TPSA) is 204 Å². The van der Waals surface area contributed by atoms with Crippen LogP contribution in [0, 0.1) is 23.7 Å². The van der Waals surface area contributed by atoms with Gasteiger partial charge in [0.1, 0.15) is 23.4 Å². The molecule has 5 N–H and O–H groups in total. The lowest BCUT2D eigenvalue weighted by molar-refractivity contribution is -0.321. The molecule has 0 spiro atoms. The highest BCUT2D eigenvalue weighted by Gasteiger charge is 2.57. The van der Waals surface area contributed by atoms with E-state index in [1.807, 2.05) is 46.7 Å². The number of ether oxygens (including phenoxy) is 8. The SMILES string of the molecule is C=CCNCC[C@H]1C(C)(O)C(O)[C@H](C)C[C@@](C)(OC)[C@H](O[C@@H]2O[C@H](C)C[C@H](N(C)C)[C@H]2O)[C@H](C)[C@H](OC2C[C@@](C)(OC)[C@@H](OC(C)=O)[C@H](C)O2)[C@@H](C)C(=O)O[C@H](CC)[C@@]1(C)O. The van der Waals surface area contributed by atoms with Crippen LogP contribution in [-0.2, 0) is 47.5 Å². The Morgan fingerprint density at radius 3 is 2.10 bits per heavy atom. The van der Waals surface area contributed by atoms with Gasteiger partial charge in [0.25, 0.3) is 0 Å². The molecule has 0 aromatic heterocycles. The maximum atomic E-state index is 14.7. The minimum absolute atomic E-state index is 0.112. The number of carbonyl (C=O) groups excluding carboxylic acids is 2. The van der Waals surface area contributed by atoms with E-state index in [1.54, 1.807) is 33.8 Å². The lowest BCUT2D eigenvalue weighted by Crippen LogP contribution is -2.64. The van der Waals surface area contributed by atoms with Gasteiger partial charge in [0.2, 0.25) is 0 Å². The molecule has 0 radical (unpaired) electrons. The third-order valence-corrected chi connectivity index (χ3v) is 14.0. The fourth-order valence-electron chi connectivity index (χ4n) is 10.3. The zero-order valence-electron chi connectivity index (χ0n) is 39.7. The van der Waals surface area contributed by atoms with Crippen LogP contribution in [0.5, 0.6) is 0 Å². The van der Waals surface area contributed by atoms with Crippen LogP contribution in [-0.4, -0.2) is 169 Å². The molecular formula is C45H82N2O14. The first kappa shape index (κ1) is 53.5. The van der Waals surface area contributed by atoms with E-state index < -0.39 is 113 Å². The summed E-state index contributed by atoms with van der Waals surface area (Å²) in [7, 11) is 6.81. The largest absolute Gasteiger partial charge is 0.459 e. The molecule has 3 aliphatic heterocycles. The van der Waals surface area contributed by atoms with Gasteiger partial charge in [0, 0.05) is 52.0 Å². The highest BCUT2D eigenvalue weighted by atomic mass is 16.7. The Hall–Kier alpha value is -1.80. The molecule has 19 atom stereocenters. The number of nitrogens with one attached hydrogen (secondary N) is 1. The summed E-state index contributed by atoms with van der Waals surface area (Å²) in [6, 6.07) is -0.307. The molecule has 0 amide bonds. The predicted octanol–water partition coefficient (Wildman–Crippen LogP) is 3.34. The van der Waals surface area contributed by atoms with Crippen molar-refractivity contribution in [3.05, 3.63) is 12.7 Å². The maximum absolute atomic E-state index is 14.7. The monoisotopic (exact) mass is 875 g/mol. The quantitative estimate of drug-likeness (QED) is 0.0965. The number of likely N-dealkylation sites (N-methyl/N-ethyl adjacent to an activating group) is 1. The first-order valence-electron chi connectivity index (χ1n) is 22.1. The van der Waals surface area contributed by atoms with Crippen molar-refractivity contribution in [1.82, 2.24) is 10.2 Å². The molecule has 0 bridgehead atoms. The minimum Gasteiger partial charge on any atom is -0.459 e. The number of aliphatic hydroxyl groups is 4. The van der Waals surface area contributed by atoms with Crippen LogP contribution in [0.1, 0.15) is 108 Å². The van der Waals surface area contributed by atoms with Crippen molar-refractivity contribution in [2.24, 2.45) is 23.7 Å². The number of carbonyl (C=O) groups is 2. The second-order valence-electron chi connectivity index (χ2n) is 19.2. The summed E-state index contributed by atoms with van der Waals surface area (Å²) in [4.78, 5) is 28.7. The van der Waals surface area contributed by atoms with E-state index >= 15 is 0 Å². The van der Waals surface area contributed by atoms with Crippen molar-refractivity contribution in [2.45, 2.75) is 198 Å². The average molecular weight is 875 g/mol. The van der Waals surface area contributed by atoms with Crippen molar-refractivity contribution in [3.8, 4) is 0 Å². The first-order valence-corrected chi connectivity index (χ1v) is 22.1. The fourth-order valence-corrected chi connectivity index (χ4v) is 10.3. The van der Waals surface area contributed by atoms with Gasteiger partial charge in [-0.1, -0.05) is 26.8 Å². The first-order chi connectivity index (χ1) is 28.3. The Labute approximate surface area is 365 Å². The van der Waals surface area contributed by atoms with Crippen molar-refractivity contribution >= 4 is 11.9 Å². The number of rotatable bonds is 14. The number of esters is 2. The maximum Gasteiger partial charge on any atom is 0.311 e. The molecule has 3 saturated heterocycles. The highest BCUT2D eigenvalue weighted by Crippen LogP contribution is 2.45. The minimum atomic E-state index is -1.90. The van der Waals surface area contributed by atoms with Crippen LogP contribution >= 0.6 is 0 Å². The van der Waals surface area contributed by atoms with Gasteiger partial charge in [-0.2, -0.15) is 0 Å². The molecule has 3 rings (SSSR count). The summed E-state index contributed by atoms with van der Waals surface area (Å²) in [5.41, 5.74) is -6.06. The molecule has 356 valence electrons. The number of hydrogen-bond acceptors (Lipinski definition) is 16. The number of nitrogens with zero attached hydrogens (tertiary/aromatic N) is 1. The summed E-state index contributed by atoms with van der Waals surface area (Å²) in [6.45, 7) is 23.4. The van der Waals surface area contributed by atoms with Gasteiger partial charge in [-0.3, -0.25) is 9.59 Å². The average Bonchev–Trinajstić information content (AvgIpc) is 3.18.